The van der Waals surface area contributed by atoms with Gasteiger partial charge in [-0.15, -0.1) is 10.2 Å². The minimum Gasteiger partial charge on any atom is -0.287 e. The zero-order valence-corrected chi connectivity index (χ0v) is 12.0. The molecule has 0 spiro atoms. The Bertz CT molecular complexity index is 777. The van der Waals surface area contributed by atoms with E-state index >= 15 is 0 Å². The first-order valence-electron chi connectivity index (χ1n) is 6.23. The number of rotatable bonds is 4. The van der Waals surface area contributed by atoms with Crippen molar-refractivity contribution in [3.8, 4) is 5.69 Å². The maximum absolute atomic E-state index is 12.2. The first-order chi connectivity index (χ1) is 10.3. The summed E-state index contributed by atoms with van der Waals surface area (Å²) in [4.78, 5) is 12.2. The van der Waals surface area contributed by atoms with Gasteiger partial charge in [0.2, 0.25) is 5.78 Å². The number of hydrogen-bond acceptors (Lipinski definition) is 6. The molecule has 0 radical (unpaired) electrons. The van der Waals surface area contributed by atoms with Crippen molar-refractivity contribution in [3.63, 3.8) is 0 Å². The minimum absolute atomic E-state index is 0.206. The van der Waals surface area contributed by atoms with Crippen LogP contribution in [0.4, 0.5) is 0 Å². The number of nitrogens with zero attached hydrogens (tertiary/aromatic N) is 5. The fraction of sp³-hybridized carbons (Fsp3) is 0.0714. The Morgan fingerprint density at radius 2 is 2.05 bits per heavy atom. The molecule has 0 saturated carbocycles. The van der Waals surface area contributed by atoms with Gasteiger partial charge in [-0.2, -0.15) is 0 Å². The van der Waals surface area contributed by atoms with Crippen LogP contribution in [0.1, 0.15) is 21.9 Å². The summed E-state index contributed by atoms with van der Waals surface area (Å²) in [6.07, 6.45) is 3.05. The van der Waals surface area contributed by atoms with Crippen molar-refractivity contribution in [2.45, 2.75) is 6.92 Å². The number of para-hydroxylation sites is 1. The van der Waals surface area contributed by atoms with Gasteiger partial charge in [0.15, 0.2) is 5.69 Å². The van der Waals surface area contributed by atoms with Gasteiger partial charge in [0.25, 0.3) is 0 Å². The van der Waals surface area contributed by atoms with E-state index < -0.39 is 0 Å². The molecule has 21 heavy (non-hydrogen) atoms. The van der Waals surface area contributed by atoms with E-state index in [2.05, 4.69) is 19.9 Å². The van der Waals surface area contributed by atoms with Crippen LogP contribution in [0.5, 0.6) is 0 Å². The van der Waals surface area contributed by atoms with Crippen LogP contribution in [0.25, 0.3) is 11.8 Å². The number of benzene rings is 1. The molecule has 2 heterocycles. The molecule has 3 aromatic rings. The van der Waals surface area contributed by atoms with Crippen molar-refractivity contribution in [1.29, 1.82) is 0 Å². The van der Waals surface area contributed by atoms with Gasteiger partial charge < -0.3 is 0 Å². The third-order valence-corrected chi connectivity index (χ3v) is 3.43. The Kier molecular flexibility index (Phi) is 3.65. The highest BCUT2D eigenvalue weighted by atomic mass is 32.1. The second kappa shape index (κ2) is 5.76. The molecule has 2 aromatic heterocycles. The van der Waals surface area contributed by atoms with Gasteiger partial charge in [0.1, 0.15) is 0 Å². The molecule has 0 aliphatic carbocycles. The van der Waals surface area contributed by atoms with E-state index in [0.29, 0.717) is 17.1 Å². The van der Waals surface area contributed by atoms with Crippen molar-refractivity contribution in [3.05, 3.63) is 58.9 Å². The Morgan fingerprint density at radius 1 is 1.24 bits per heavy atom. The van der Waals surface area contributed by atoms with Crippen LogP contribution in [0.3, 0.4) is 0 Å². The zero-order chi connectivity index (χ0) is 14.7. The van der Waals surface area contributed by atoms with Crippen LogP contribution < -0.4 is 0 Å². The molecule has 1 aromatic carbocycles. The number of ketones is 1. The maximum Gasteiger partial charge on any atom is 0.208 e. The molecule has 0 unspecified atom stereocenters. The first-order valence-corrected chi connectivity index (χ1v) is 7.06. The summed E-state index contributed by atoms with van der Waals surface area (Å²) < 4.78 is 5.38. The van der Waals surface area contributed by atoms with Crippen molar-refractivity contribution in [2.24, 2.45) is 0 Å². The molecule has 0 amide bonds. The third kappa shape index (κ3) is 2.77. The lowest BCUT2D eigenvalue weighted by molar-refractivity contribution is 0.104. The standard InChI is InChI=1S/C14H11N5OS/c1-10-14(13(20)8-7-11-9-21-18-15-11)16-17-19(10)12-5-3-2-4-6-12/h2-9H,1H3/b8-7+. The van der Waals surface area contributed by atoms with E-state index in [1.54, 1.807) is 16.1 Å². The molecule has 0 aliphatic rings. The number of aromatic nitrogens is 5. The lowest BCUT2D eigenvalue weighted by atomic mass is 10.2. The second-order valence-electron chi connectivity index (χ2n) is 4.30. The molecule has 3 rings (SSSR count). The van der Waals surface area contributed by atoms with Crippen LogP contribution in [0.2, 0.25) is 0 Å². The van der Waals surface area contributed by atoms with Gasteiger partial charge in [0.05, 0.1) is 17.1 Å². The van der Waals surface area contributed by atoms with Crippen LogP contribution in [-0.2, 0) is 0 Å². The molecule has 0 bridgehead atoms. The van der Waals surface area contributed by atoms with Gasteiger partial charge in [-0.3, -0.25) is 4.79 Å². The minimum atomic E-state index is -0.206. The number of hydrogen-bond donors (Lipinski definition) is 0. The number of carbonyl (C=O) groups excluding carboxylic acids is 1. The molecule has 6 nitrogen and oxygen atoms in total. The fourth-order valence-corrected chi connectivity index (χ4v) is 2.28. The molecule has 0 saturated heterocycles. The summed E-state index contributed by atoms with van der Waals surface area (Å²) in [7, 11) is 0. The summed E-state index contributed by atoms with van der Waals surface area (Å²) in [6, 6.07) is 9.56. The first kappa shape index (κ1) is 13.3. The van der Waals surface area contributed by atoms with Gasteiger partial charge in [-0.1, -0.05) is 27.9 Å². The van der Waals surface area contributed by atoms with Crippen LogP contribution in [0, 0.1) is 6.92 Å². The number of allylic oxidation sites excluding steroid dienone is 1. The fourth-order valence-electron chi connectivity index (χ4n) is 1.86. The van der Waals surface area contributed by atoms with E-state index in [9.17, 15) is 4.79 Å². The van der Waals surface area contributed by atoms with Crippen molar-refractivity contribution in [2.75, 3.05) is 0 Å². The summed E-state index contributed by atoms with van der Waals surface area (Å²) in [6.45, 7) is 1.82. The van der Waals surface area contributed by atoms with E-state index in [4.69, 9.17) is 0 Å². The lowest BCUT2D eigenvalue weighted by Crippen LogP contribution is -2.01. The van der Waals surface area contributed by atoms with Crippen molar-refractivity contribution < 1.29 is 4.79 Å². The van der Waals surface area contributed by atoms with E-state index in [-0.39, 0.29) is 5.78 Å². The summed E-state index contributed by atoms with van der Waals surface area (Å²) in [5.41, 5.74) is 2.56. The molecule has 7 heteroatoms. The quantitative estimate of drug-likeness (QED) is 0.546. The second-order valence-corrected chi connectivity index (χ2v) is 4.91. The number of carbonyl (C=O) groups is 1. The Hall–Kier alpha value is -2.67. The summed E-state index contributed by atoms with van der Waals surface area (Å²) in [5.74, 6) is -0.206. The highest BCUT2D eigenvalue weighted by Gasteiger charge is 2.15. The van der Waals surface area contributed by atoms with Crippen molar-refractivity contribution >= 4 is 23.4 Å². The van der Waals surface area contributed by atoms with Gasteiger partial charge in [0, 0.05) is 5.38 Å². The van der Waals surface area contributed by atoms with Crippen LogP contribution >= 0.6 is 11.5 Å². The maximum atomic E-state index is 12.2. The van der Waals surface area contributed by atoms with E-state index in [0.717, 1.165) is 5.69 Å². The van der Waals surface area contributed by atoms with Gasteiger partial charge >= 0.3 is 0 Å². The average molecular weight is 297 g/mol. The normalized spacial score (nSPS) is 11.1. The predicted octanol–water partition coefficient (Wildman–Crippen LogP) is 2.32. The van der Waals surface area contributed by atoms with Gasteiger partial charge in [-0.25, -0.2) is 4.68 Å². The zero-order valence-electron chi connectivity index (χ0n) is 11.2. The van der Waals surface area contributed by atoms with E-state index in [1.807, 2.05) is 37.3 Å². The van der Waals surface area contributed by atoms with Crippen LogP contribution in [0.15, 0.2) is 41.8 Å². The predicted molar refractivity (Wildman–Crippen MR) is 79.4 cm³/mol. The van der Waals surface area contributed by atoms with Crippen molar-refractivity contribution in [1.82, 2.24) is 24.6 Å². The molecule has 0 aliphatic heterocycles. The topological polar surface area (TPSA) is 73.6 Å². The molecular formula is C14H11N5OS. The van der Waals surface area contributed by atoms with Crippen LogP contribution in [-0.4, -0.2) is 30.4 Å². The van der Waals surface area contributed by atoms with E-state index in [1.165, 1.54) is 17.6 Å². The Morgan fingerprint density at radius 3 is 2.76 bits per heavy atom. The molecule has 0 atom stereocenters. The highest BCUT2D eigenvalue weighted by Crippen LogP contribution is 2.13. The molecule has 104 valence electrons. The molecular weight excluding hydrogens is 286 g/mol. The Balaban J connectivity index is 1.87. The summed E-state index contributed by atoms with van der Waals surface area (Å²) in [5, 5.41) is 13.6. The smallest absolute Gasteiger partial charge is 0.208 e. The highest BCUT2D eigenvalue weighted by molar-refractivity contribution is 7.03. The summed E-state index contributed by atoms with van der Waals surface area (Å²) >= 11 is 1.24. The SMILES string of the molecule is Cc1c(C(=O)/C=C/c2csnn2)nnn1-c1ccccc1. The lowest BCUT2D eigenvalue weighted by Gasteiger charge is -2.01. The Labute approximate surface area is 124 Å². The molecule has 0 N–H and O–H groups in total. The monoisotopic (exact) mass is 297 g/mol. The largest absolute Gasteiger partial charge is 0.287 e. The average Bonchev–Trinajstić information content (AvgIpc) is 3.15. The van der Waals surface area contributed by atoms with Gasteiger partial charge in [-0.05, 0) is 42.7 Å². The third-order valence-electron chi connectivity index (χ3n) is 2.91. The molecule has 0 fully saturated rings.